The molecule has 3 atom stereocenters. The predicted molar refractivity (Wildman–Crippen MR) is 160 cm³/mol. The first-order chi connectivity index (χ1) is 19.9. The third-order valence-electron chi connectivity index (χ3n) is 8.64. The van der Waals surface area contributed by atoms with Crippen molar-refractivity contribution in [2.24, 2.45) is 11.8 Å². The lowest BCUT2D eigenvalue weighted by molar-refractivity contribution is -0.144. The molecule has 2 aliphatic carbocycles. The van der Waals surface area contributed by atoms with Crippen LogP contribution in [-0.4, -0.2) is 52.1 Å². The molecule has 3 aliphatic rings. The van der Waals surface area contributed by atoms with E-state index in [1.807, 2.05) is 66.7 Å². The molecular formula is C33H38BrN3O4. The van der Waals surface area contributed by atoms with E-state index in [1.165, 1.54) is 11.3 Å². The zero-order valence-electron chi connectivity index (χ0n) is 23.3. The number of likely N-dealkylation sites (tertiary alicyclic amines) is 1. The Morgan fingerprint density at radius 3 is 2.15 bits per heavy atom. The molecule has 2 aromatic rings. The maximum Gasteiger partial charge on any atom is 0.243 e. The van der Waals surface area contributed by atoms with Crippen LogP contribution < -0.4 is 5.32 Å². The second-order valence-electron chi connectivity index (χ2n) is 11.4. The molecule has 1 N–H and O–H groups in total. The summed E-state index contributed by atoms with van der Waals surface area (Å²) in [5.41, 5.74) is 1.86. The molecule has 41 heavy (non-hydrogen) atoms. The monoisotopic (exact) mass is 619 g/mol. The highest BCUT2D eigenvalue weighted by molar-refractivity contribution is 9.10. The van der Waals surface area contributed by atoms with Gasteiger partial charge in [-0.05, 0) is 48.9 Å². The van der Waals surface area contributed by atoms with E-state index in [4.69, 9.17) is 0 Å². The average Bonchev–Trinajstić information content (AvgIpc) is 3.24. The number of allylic oxidation sites excluding steroid dienone is 2. The Hall–Kier alpha value is -3.26. The van der Waals surface area contributed by atoms with Gasteiger partial charge >= 0.3 is 0 Å². The molecule has 0 spiro atoms. The van der Waals surface area contributed by atoms with E-state index in [-0.39, 0.29) is 61.0 Å². The second-order valence-corrected chi connectivity index (χ2v) is 12.3. The highest BCUT2D eigenvalue weighted by Crippen LogP contribution is 2.35. The summed E-state index contributed by atoms with van der Waals surface area (Å²) in [5.74, 6) is -1.43. The quantitative estimate of drug-likeness (QED) is 0.293. The largest absolute Gasteiger partial charge is 0.352 e. The second kappa shape index (κ2) is 13.6. The number of carbonyl (C=O) groups excluding carboxylic acids is 4. The summed E-state index contributed by atoms with van der Waals surface area (Å²) in [4.78, 5) is 56.9. The molecule has 216 valence electrons. The van der Waals surface area contributed by atoms with Crippen LogP contribution in [0.1, 0.15) is 62.5 Å². The van der Waals surface area contributed by atoms with Crippen LogP contribution in [0.4, 0.5) is 0 Å². The molecule has 1 unspecified atom stereocenters. The van der Waals surface area contributed by atoms with Gasteiger partial charge in [-0.1, -0.05) is 89.8 Å². The minimum absolute atomic E-state index is 0.0249. The fourth-order valence-corrected chi connectivity index (χ4v) is 6.59. The highest BCUT2D eigenvalue weighted by atomic mass is 79.9. The summed E-state index contributed by atoms with van der Waals surface area (Å²) in [5, 5.41) is 3.25. The third-order valence-corrected chi connectivity index (χ3v) is 9.17. The van der Waals surface area contributed by atoms with Crippen molar-refractivity contribution < 1.29 is 19.2 Å². The van der Waals surface area contributed by atoms with Crippen LogP contribution in [0.15, 0.2) is 71.2 Å². The highest BCUT2D eigenvalue weighted by Gasteiger charge is 2.47. The number of carbonyl (C=O) groups is 4. The van der Waals surface area contributed by atoms with E-state index in [0.717, 1.165) is 41.3 Å². The Morgan fingerprint density at radius 2 is 1.51 bits per heavy atom. The van der Waals surface area contributed by atoms with Gasteiger partial charge in [0, 0.05) is 36.4 Å². The van der Waals surface area contributed by atoms with Crippen molar-refractivity contribution in [3.8, 4) is 0 Å². The van der Waals surface area contributed by atoms with E-state index in [1.54, 1.807) is 4.90 Å². The van der Waals surface area contributed by atoms with Crippen molar-refractivity contribution in [1.29, 1.82) is 0 Å². The van der Waals surface area contributed by atoms with E-state index < -0.39 is 6.04 Å². The maximum absolute atomic E-state index is 14.0. The van der Waals surface area contributed by atoms with Crippen molar-refractivity contribution in [2.75, 3.05) is 6.54 Å². The predicted octanol–water partition coefficient (Wildman–Crippen LogP) is 5.18. The van der Waals surface area contributed by atoms with Crippen molar-refractivity contribution in [2.45, 2.75) is 76.4 Å². The first-order valence-corrected chi connectivity index (χ1v) is 15.6. The Kier molecular flexibility index (Phi) is 9.70. The summed E-state index contributed by atoms with van der Waals surface area (Å²) in [6, 6.07) is 16.8. The van der Waals surface area contributed by atoms with Gasteiger partial charge in [0.25, 0.3) is 0 Å². The fraction of sp³-hybridized carbons (Fsp3) is 0.455. The fourth-order valence-electron chi connectivity index (χ4n) is 6.33. The van der Waals surface area contributed by atoms with Gasteiger partial charge in [0.05, 0.1) is 11.8 Å². The summed E-state index contributed by atoms with van der Waals surface area (Å²) < 4.78 is 0.928. The molecule has 4 amide bonds. The van der Waals surface area contributed by atoms with E-state index in [0.29, 0.717) is 19.3 Å². The molecule has 2 fully saturated rings. The van der Waals surface area contributed by atoms with Gasteiger partial charge in [-0.2, -0.15) is 0 Å². The number of amides is 4. The van der Waals surface area contributed by atoms with E-state index in [9.17, 15) is 19.2 Å². The van der Waals surface area contributed by atoms with E-state index in [2.05, 4.69) is 21.2 Å². The minimum atomic E-state index is -0.729. The third kappa shape index (κ3) is 7.15. The molecule has 1 saturated carbocycles. The van der Waals surface area contributed by atoms with Gasteiger partial charge in [0.15, 0.2) is 0 Å². The van der Waals surface area contributed by atoms with Gasteiger partial charge in [-0.15, -0.1) is 0 Å². The Balaban J connectivity index is 1.38. The average molecular weight is 621 g/mol. The number of nitrogens with zero attached hydrogens (tertiary/aromatic N) is 2. The molecule has 5 rings (SSSR count). The van der Waals surface area contributed by atoms with Crippen LogP contribution in [0, 0.1) is 11.8 Å². The summed E-state index contributed by atoms with van der Waals surface area (Å²) in [6.45, 7) is 0.279. The lowest BCUT2D eigenvalue weighted by atomic mass is 9.85. The summed E-state index contributed by atoms with van der Waals surface area (Å²) in [6.07, 6.45) is 10.6. The first-order valence-electron chi connectivity index (χ1n) is 14.8. The standard InChI is InChI=1S/C33H38BrN3O4/c34-25-17-15-24(16-18-25)22-37(30(38)19-20-36-32(40)27-13-7-8-14-28(27)33(36)41)29(21-23-9-3-1-4-10-23)31(39)35-26-11-5-2-6-12-26/h1,3-4,7-10,15-18,26-29H,2,5-6,11-14,19-22H2,(H,35,39)/t27-,28+,29?. The van der Waals surface area contributed by atoms with Crippen molar-refractivity contribution in [3.05, 3.63) is 82.3 Å². The Bertz CT molecular complexity index is 1250. The Morgan fingerprint density at radius 1 is 0.878 bits per heavy atom. The van der Waals surface area contributed by atoms with Gasteiger partial charge in [-0.3, -0.25) is 24.1 Å². The van der Waals surface area contributed by atoms with Gasteiger partial charge < -0.3 is 10.2 Å². The van der Waals surface area contributed by atoms with Gasteiger partial charge in [0.2, 0.25) is 23.6 Å². The molecule has 8 heteroatoms. The van der Waals surface area contributed by atoms with Crippen LogP contribution in [-0.2, 0) is 32.1 Å². The Labute approximate surface area is 250 Å². The molecule has 7 nitrogen and oxygen atoms in total. The van der Waals surface area contributed by atoms with E-state index >= 15 is 0 Å². The molecule has 1 heterocycles. The normalized spacial score (nSPS) is 21.4. The number of imide groups is 1. The van der Waals surface area contributed by atoms with Crippen molar-refractivity contribution in [3.63, 3.8) is 0 Å². The number of hydrogen-bond donors (Lipinski definition) is 1. The van der Waals surface area contributed by atoms with Crippen LogP contribution in [0.5, 0.6) is 0 Å². The summed E-state index contributed by atoms with van der Waals surface area (Å²) in [7, 11) is 0. The molecule has 1 aliphatic heterocycles. The number of halogens is 1. The number of benzene rings is 2. The molecule has 0 radical (unpaired) electrons. The number of nitrogens with one attached hydrogen (secondary N) is 1. The van der Waals surface area contributed by atoms with Gasteiger partial charge in [0.1, 0.15) is 6.04 Å². The summed E-state index contributed by atoms with van der Waals surface area (Å²) >= 11 is 3.47. The smallest absolute Gasteiger partial charge is 0.243 e. The van der Waals surface area contributed by atoms with Gasteiger partial charge in [-0.25, -0.2) is 0 Å². The van der Waals surface area contributed by atoms with Crippen molar-refractivity contribution in [1.82, 2.24) is 15.1 Å². The number of fused-ring (bicyclic) bond motifs is 1. The lowest BCUT2D eigenvalue weighted by Crippen LogP contribution is -2.53. The molecule has 1 saturated heterocycles. The number of hydrogen-bond acceptors (Lipinski definition) is 4. The number of rotatable bonds is 10. The molecular weight excluding hydrogens is 582 g/mol. The zero-order valence-corrected chi connectivity index (χ0v) is 24.9. The SMILES string of the molecule is O=C(NC1CCCCC1)C(Cc1ccccc1)N(Cc1ccc(Br)cc1)C(=O)CCN1C(=O)[C@H]2CC=CC[C@H]2C1=O. The van der Waals surface area contributed by atoms with Crippen LogP contribution >= 0.6 is 15.9 Å². The lowest BCUT2D eigenvalue weighted by Gasteiger charge is -2.34. The zero-order chi connectivity index (χ0) is 28.8. The van der Waals surface area contributed by atoms with Crippen molar-refractivity contribution >= 4 is 39.6 Å². The maximum atomic E-state index is 14.0. The molecule has 2 aromatic carbocycles. The molecule has 0 aromatic heterocycles. The van der Waals surface area contributed by atoms with Crippen LogP contribution in [0.25, 0.3) is 0 Å². The minimum Gasteiger partial charge on any atom is -0.352 e. The van der Waals surface area contributed by atoms with Crippen LogP contribution in [0.3, 0.4) is 0 Å². The molecule has 0 bridgehead atoms. The van der Waals surface area contributed by atoms with Crippen LogP contribution in [0.2, 0.25) is 0 Å². The first kappa shape index (κ1) is 29.2. The topological polar surface area (TPSA) is 86.8 Å².